The molecule has 4 rings (SSSR count). The minimum absolute atomic E-state index is 0.0299. The lowest BCUT2D eigenvalue weighted by atomic mass is 9.76. The number of alkyl halides is 2. The van der Waals surface area contributed by atoms with E-state index in [2.05, 4.69) is 13.5 Å². The van der Waals surface area contributed by atoms with Crippen LogP contribution in [0.4, 0.5) is 8.78 Å². The maximum atomic E-state index is 14.0. The SMILES string of the molecule is C=C1OC2(CCCCC2)C(C(=O)CCc2cc(C(C)(F)F)ccc2C2(CC)CC2)=C1C. The molecule has 0 amide bonds. The number of hydrogen-bond acceptors (Lipinski definition) is 2. The van der Waals surface area contributed by atoms with Gasteiger partial charge in [-0.1, -0.05) is 32.1 Å². The second-order valence-corrected chi connectivity index (χ2v) is 9.90. The largest absolute Gasteiger partial charge is 0.483 e. The number of benzene rings is 1. The van der Waals surface area contributed by atoms with E-state index in [-0.39, 0.29) is 16.8 Å². The average molecular weight is 429 g/mol. The number of Topliss-reactive ketones (excluding diaryl/α,β-unsaturated/α-hetero) is 1. The third-order valence-corrected chi connectivity index (χ3v) is 7.84. The van der Waals surface area contributed by atoms with Gasteiger partial charge in [0.2, 0.25) is 0 Å². The Morgan fingerprint density at radius 3 is 2.42 bits per heavy atom. The van der Waals surface area contributed by atoms with Crippen molar-refractivity contribution in [3.05, 3.63) is 58.4 Å². The van der Waals surface area contributed by atoms with Gasteiger partial charge in [-0.3, -0.25) is 4.79 Å². The van der Waals surface area contributed by atoms with Crippen LogP contribution >= 0.6 is 0 Å². The van der Waals surface area contributed by atoms with E-state index in [1.807, 2.05) is 13.0 Å². The van der Waals surface area contributed by atoms with Crippen LogP contribution in [0.2, 0.25) is 0 Å². The van der Waals surface area contributed by atoms with Gasteiger partial charge in [-0.05, 0) is 80.9 Å². The Bertz CT molecular complexity index is 925. The van der Waals surface area contributed by atoms with Crippen LogP contribution in [0.15, 0.2) is 41.7 Å². The van der Waals surface area contributed by atoms with Crippen LogP contribution < -0.4 is 0 Å². The van der Waals surface area contributed by atoms with E-state index >= 15 is 0 Å². The van der Waals surface area contributed by atoms with Crippen molar-refractivity contribution in [1.29, 1.82) is 0 Å². The molecule has 2 saturated carbocycles. The smallest absolute Gasteiger partial charge is 0.270 e. The van der Waals surface area contributed by atoms with Crippen molar-refractivity contribution >= 4 is 5.78 Å². The standard InChI is InChI=1S/C27H34F2O2/c1-5-26(15-16-26)22-11-10-21(25(4,28)29)17-20(22)9-12-23(30)24-18(2)19(3)31-27(24)13-7-6-8-14-27/h10-11,17H,3,5-9,12-16H2,1-2,4H3. The molecule has 0 bridgehead atoms. The van der Waals surface area contributed by atoms with Crippen molar-refractivity contribution in [3.8, 4) is 0 Å². The molecule has 0 atom stereocenters. The molecule has 3 aliphatic rings. The Morgan fingerprint density at radius 1 is 1.16 bits per heavy atom. The van der Waals surface area contributed by atoms with E-state index in [9.17, 15) is 13.6 Å². The highest BCUT2D eigenvalue weighted by molar-refractivity contribution is 5.99. The molecule has 1 aromatic rings. The van der Waals surface area contributed by atoms with Crippen LogP contribution in [0.1, 0.15) is 95.2 Å². The van der Waals surface area contributed by atoms with Crippen molar-refractivity contribution in [2.45, 2.75) is 102 Å². The summed E-state index contributed by atoms with van der Waals surface area (Å²) in [5, 5.41) is 0. The van der Waals surface area contributed by atoms with E-state index in [4.69, 9.17) is 4.74 Å². The van der Waals surface area contributed by atoms with Gasteiger partial charge in [0.05, 0.1) is 0 Å². The van der Waals surface area contributed by atoms with Crippen LogP contribution in [0.25, 0.3) is 0 Å². The van der Waals surface area contributed by atoms with Crippen LogP contribution in [-0.4, -0.2) is 11.4 Å². The summed E-state index contributed by atoms with van der Waals surface area (Å²) in [5.41, 5.74) is 3.33. The predicted molar refractivity (Wildman–Crippen MR) is 119 cm³/mol. The third kappa shape index (κ3) is 3.99. The van der Waals surface area contributed by atoms with Gasteiger partial charge >= 0.3 is 0 Å². The number of ether oxygens (including phenoxy) is 1. The highest BCUT2D eigenvalue weighted by Crippen LogP contribution is 2.53. The lowest BCUT2D eigenvalue weighted by Gasteiger charge is -2.35. The van der Waals surface area contributed by atoms with Gasteiger partial charge < -0.3 is 4.74 Å². The van der Waals surface area contributed by atoms with Crippen LogP contribution in [0.5, 0.6) is 0 Å². The molecule has 1 aromatic carbocycles. The highest BCUT2D eigenvalue weighted by Gasteiger charge is 2.47. The van der Waals surface area contributed by atoms with Gasteiger partial charge in [0.25, 0.3) is 5.92 Å². The zero-order chi connectivity index (χ0) is 22.4. The number of ketones is 1. The minimum Gasteiger partial charge on any atom is -0.483 e. The van der Waals surface area contributed by atoms with E-state index in [1.54, 1.807) is 12.1 Å². The molecule has 2 aliphatic carbocycles. The Hall–Kier alpha value is -1.97. The van der Waals surface area contributed by atoms with Crippen molar-refractivity contribution in [3.63, 3.8) is 0 Å². The van der Waals surface area contributed by atoms with Crippen molar-refractivity contribution < 1.29 is 18.3 Å². The van der Waals surface area contributed by atoms with E-state index in [1.165, 1.54) is 6.42 Å². The van der Waals surface area contributed by atoms with Crippen molar-refractivity contribution in [2.24, 2.45) is 0 Å². The summed E-state index contributed by atoms with van der Waals surface area (Å²) in [5.74, 6) is -2.19. The molecule has 31 heavy (non-hydrogen) atoms. The molecule has 1 spiro atoms. The number of carbonyl (C=O) groups is 1. The van der Waals surface area contributed by atoms with Crippen LogP contribution in [0.3, 0.4) is 0 Å². The summed E-state index contributed by atoms with van der Waals surface area (Å²) in [4.78, 5) is 13.4. The topological polar surface area (TPSA) is 26.3 Å². The lowest BCUT2D eigenvalue weighted by Crippen LogP contribution is -2.36. The molecule has 1 aliphatic heterocycles. The Balaban J connectivity index is 1.61. The number of rotatable bonds is 7. The van der Waals surface area contributed by atoms with Gasteiger partial charge in [-0.25, -0.2) is 8.78 Å². The summed E-state index contributed by atoms with van der Waals surface area (Å²) >= 11 is 0. The molecule has 4 heteroatoms. The zero-order valence-corrected chi connectivity index (χ0v) is 19.1. The van der Waals surface area contributed by atoms with Crippen molar-refractivity contribution in [1.82, 2.24) is 0 Å². The summed E-state index contributed by atoms with van der Waals surface area (Å²) in [6, 6.07) is 5.09. The molecular formula is C27H34F2O2. The molecular weight excluding hydrogens is 394 g/mol. The van der Waals surface area contributed by atoms with E-state index in [0.717, 1.165) is 74.1 Å². The molecule has 2 nitrogen and oxygen atoms in total. The summed E-state index contributed by atoms with van der Waals surface area (Å²) in [7, 11) is 0. The molecule has 2 fully saturated rings. The number of allylic oxidation sites excluding steroid dienone is 1. The monoisotopic (exact) mass is 428 g/mol. The van der Waals surface area contributed by atoms with E-state index in [0.29, 0.717) is 18.6 Å². The molecule has 0 aromatic heterocycles. The maximum Gasteiger partial charge on any atom is 0.270 e. The molecule has 1 heterocycles. The molecule has 0 N–H and O–H groups in total. The molecule has 0 radical (unpaired) electrons. The quantitative estimate of drug-likeness (QED) is 0.455. The lowest BCUT2D eigenvalue weighted by molar-refractivity contribution is -0.118. The number of halogens is 2. The zero-order valence-electron chi connectivity index (χ0n) is 19.1. The molecule has 0 saturated heterocycles. The van der Waals surface area contributed by atoms with Crippen LogP contribution in [0, 0.1) is 0 Å². The summed E-state index contributed by atoms with van der Waals surface area (Å²) < 4.78 is 34.2. The number of aryl methyl sites for hydroxylation is 1. The highest BCUT2D eigenvalue weighted by atomic mass is 19.3. The first kappa shape index (κ1) is 22.2. The second kappa shape index (κ2) is 7.86. The molecule has 168 valence electrons. The van der Waals surface area contributed by atoms with Gasteiger partial charge in [-0.15, -0.1) is 0 Å². The number of carbonyl (C=O) groups excluding carboxylic acids is 1. The number of hydrogen-bond donors (Lipinski definition) is 0. The Kier molecular flexibility index (Phi) is 5.64. The van der Waals surface area contributed by atoms with Crippen molar-refractivity contribution in [2.75, 3.05) is 0 Å². The first-order valence-electron chi connectivity index (χ1n) is 11.8. The second-order valence-electron chi connectivity index (χ2n) is 9.90. The molecule has 0 unspecified atom stereocenters. The summed E-state index contributed by atoms with van der Waals surface area (Å²) in [6.45, 7) is 9.05. The Labute approximate surface area is 184 Å². The van der Waals surface area contributed by atoms with Gasteiger partial charge in [0, 0.05) is 30.1 Å². The fourth-order valence-corrected chi connectivity index (χ4v) is 5.71. The normalized spacial score (nSPS) is 22.0. The first-order chi connectivity index (χ1) is 14.6. The maximum absolute atomic E-state index is 14.0. The average Bonchev–Trinajstić information content (AvgIpc) is 3.49. The minimum atomic E-state index is -2.89. The van der Waals surface area contributed by atoms with Gasteiger partial charge in [-0.2, -0.15) is 0 Å². The third-order valence-electron chi connectivity index (χ3n) is 7.84. The van der Waals surface area contributed by atoms with Gasteiger partial charge in [0.1, 0.15) is 11.4 Å². The summed E-state index contributed by atoms with van der Waals surface area (Å²) in [6.07, 6.45) is 8.95. The van der Waals surface area contributed by atoms with E-state index < -0.39 is 11.5 Å². The Morgan fingerprint density at radius 2 is 1.84 bits per heavy atom. The predicted octanol–water partition coefficient (Wildman–Crippen LogP) is 7.30. The fraction of sp³-hybridized carbons (Fsp3) is 0.593. The van der Waals surface area contributed by atoms with Crippen LogP contribution in [-0.2, 0) is 27.3 Å². The first-order valence-corrected chi connectivity index (χ1v) is 11.8. The fourth-order valence-electron chi connectivity index (χ4n) is 5.71. The van der Waals surface area contributed by atoms with Gasteiger partial charge in [0.15, 0.2) is 5.78 Å².